The Morgan fingerprint density at radius 2 is 1.36 bits per heavy atom. The molecule has 0 radical (unpaired) electrons. The Bertz CT molecular complexity index is 1420. The van der Waals surface area contributed by atoms with Crippen molar-refractivity contribution in [2.45, 2.75) is 50.8 Å². The molecule has 8 nitrogen and oxygen atoms in total. The second kappa shape index (κ2) is 11.4. The van der Waals surface area contributed by atoms with Crippen LogP contribution in [-0.4, -0.2) is 53.3 Å². The second-order valence-electron chi connectivity index (χ2n) is 10.2. The van der Waals surface area contributed by atoms with Gasteiger partial charge in [-0.05, 0) is 67.9 Å². The zero-order valence-electron chi connectivity index (χ0n) is 22.4. The lowest BCUT2D eigenvalue weighted by atomic mass is 9.75. The van der Waals surface area contributed by atoms with Gasteiger partial charge in [-0.1, -0.05) is 24.3 Å². The predicted molar refractivity (Wildman–Crippen MR) is 138 cm³/mol. The van der Waals surface area contributed by atoms with E-state index in [1.807, 2.05) is 31.2 Å². The Labute approximate surface area is 237 Å². The fourth-order valence-corrected chi connectivity index (χ4v) is 5.14. The first-order chi connectivity index (χ1) is 19.9. The van der Waals surface area contributed by atoms with Gasteiger partial charge in [-0.3, -0.25) is 14.9 Å². The van der Waals surface area contributed by atoms with E-state index in [0.717, 1.165) is 35.4 Å². The average molecular weight is 592 g/mol. The van der Waals surface area contributed by atoms with Gasteiger partial charge in [0.1, 0.15) is 0 Å². The molecular formula is C28H27F6N7O. The summed E-state index contributed by atoms with van der Waals surface area (Å²) < 4.78 is 79.0. The number of halogens is 6. The number of alkyl halides is 6. The summed E-state index contributed by atoms with van der Waals surface area (Å²) >= 11 is 0. The molecule has 1 aromatic carbocycles. The van der Waals surface area contributed by atoms with E-state index in [0.29, 0.717) is 57.2 Å². The highest BCUT2D eigenvalue weighted by atomic mass is 19.4. The molecule has 4 heterocycles. The van der Waals surface area contributed by atoms with Gasteiger partial charge in [0.2, 0.25) is 5.82 Å². The molecule has 4 aromatic rings. The summed E-state index contributed by atoms with van der Waals surface area (Å²) in [4.78, 5) is 11.5. The summed E-state index contributed by atoms with van der Waals surface area (Å²) in [6.07, 6.45) is -7.23. The molecule has 0 spiro atoms. The Morgan fingerprint density at radius 1 is 0.810 bits per heavy atom. The van der Waals surface area contributed by atoms with Crippen LogP contribution in [0.3, 0.4) is 0 Å². The third kappa shape index (κ3) is 6.14. The maximum Gasteiger partial charge on any atom is 0.417 e. The van der Waals surface area contributed by atoms with Crippen molar-refractivity contribution in [1.29, 1.82) is 0 Å². The third-order valence-electron chi connectivity index (χ3n) is 7.50. The fraction of sp³-hybridized carbons (Fsp3) is 0.393. The van der Waals surface area contributed by atoms with Gasteiger partial charge in [0.25, 0.3) is 0 Å². The molecule has 1 aliphatic rings. The lowest BCUT2D eigenvalue weighted by Gasteiger charge is -2.41. The van der Waals surface area contributed by atoms with Gasteiger partial charge in [-0.15, -0.1) is 10.2 Å². The van der Waals surface area contributed by atoms with Crippen LogP contribution in [0.15, 0.2) is 60.9 Å². The number of tetrazole rings is 1. The van der Waals surface area contributed by atoms with Crippen LogP contribution in [-0.2, 0) is 31.0 Å². The number of pyridine rings is 2. The van der Waals surface area contributed by atoms with E-state index >= 15 is 0 Å². The summed E-state index contributed by atoms with van der Waals surface area (Å²) in [5, 5.41) is 24.3. The molecule has 0 aliphatic carbocycles. The molecule has 0 atom stereocenters. The van der Waals surface area contributed by atoms with E-state index in [2.05, 4.69) is 30.3 Å². The standard InChI is InChI=1S/C28H27F6N7O/c1-2-41-38-25(37-39-41)19-5-3-18(4-6-19)17-40-13-11-20(12-14-40)26(42,23-9-7-21(15-35-23)27(29,30)31)24-10-8-22(16-36-24)28(32,33)34/h3-10,15-16,20,42H,2,11-14,17H2,1H3. The number of benzene rings is 1. The van der Waals surface area contributed by atoms with Gasteiger partial charge in [0.05, 0.1) is 29.1 Å². The van der Waals surface area contributed by atoms with Crippen molar-refractivity contribution < 1.29 is 31.4 Å². The highest BCUT2D eigenvalue weighted by molar-refractivity contribution is 5.54. The van der Waals surface area contributed by atoms with Crippen molar-refractivity contribution >= 4 is 0 Å². The maximum atomic E-state index is 13.2. The van der Waals surface area contributed by atoms with Crippen molar-refractivity contribution in [2.24, 2.45) is 5.92 Å². The summed E-state index contributed by atoms with van der Waals surface area (Å²) in [7, 11) is 0. The summed E-state index contributed by atoms with van der Waals surface area (Å²) in [6.45, 7) is 4.20. The average Bonchev–Trinajstić information content (AvgIpc) is 3.46. The molecule has 5 rings (SSSR count). The Hall–Kier alpha value is -3.91. The fourth-order valence-electron chi connectivity index (χ4n) is 5.14. The number of hydrogen-bond acceptors (Lipinski definition) is 7. The van der Waals surface area contributed by atoms with Gasteiger partial charge >= 0.3 is 12.4 Å². The summed E-state index contributed by atoms with van der Waals surface area (Å²) in [5.41, 5.74) is -2.35. The Kier molecular flexibility index (Phi) is 8.03. The van der Waals surface area contributed by atoms with Crippen LogP contribution in [0, 0.1) is 5.92 Å². The van der Waals surface area contributed by atoms with Crippen LogP contribution in [0.5, 0.6) is 0 Å². The SMILES string of the molecule is CCn1nnc(-c2ccc(CN3CCC(C(O)(c4ccc(C(F)(F)F)cn4)c4ccc(C(F)(F)F)cn4)CC3)cc2)n1. The minimum absolute atomic E-state index is 0.106. The molecule has 42 heavy (non-hydrogen) atoms. The highest BCUT2D eigenvalue weighted by Crippen LogP contribution is 2.42. The van der Waals surface area contributed by atoms with Gasteiger partial charge in [-0.25, -0.2) is 0 Å². The second-order valence-corrected chi connectivity index (χ2v) is 10.2. The summed E-state index contributed by atoms with van der Waals surface area (Å²) in [5.74, 6) is -0.0332. The van der Waals surface area contributed by atoms with Crippen molar-refractivity contribution in [1.82, 2.24) is 35.1 Å². The van der Waals surface area contributed by atoms with Crippen LogP contribution in [0.25, 0.3) is 11.4 Å². The van der Waals surface area contributed by atoms with E-state index in [9.17, 15) is 31.4 Å². The minimum atomic E-state index is -4.63. The number of aryl methyl sites for hydroxylation is 1. The zero-order chi connectivity index (χ0) is 30.1. The van der Waals surface area contributed by atoms with Crippen molar-refractivity contribution in [2.75, 3.05) is 13.1 Å². The van der Waals surface area contributed by atoms with Crippen LogP contribution in [0.4, 0.5) is 26.3 Å². The monoisotopic (exact) mass is 591 g/mol. The number of rotatable bonds is 7. The number of nitrogens with zero attached hydrogens (tertiary/aromatic N) is 7. The first-order valence-corrected chi connectivity index (χ1v) is 13.3. The van der Waals surface area contributed by atoms with Gasteiger partial charge in [-0.2, -0.15) is 31.1 Å². The van der Waals surface area contributed by atoms with Gasteiger partial charge in [0.15, 0.2) is 5.60 Å². The molecule has 1 fully saturated rings. The molecule has 1 saturated heterocycles. The van der Waals surface area contributed by atoms with Crippen LogP contribution in [0.2, 0.25) is 0 Å². The van der Waals surface area contributed by atoms with E-state index in [4.69, 9.17) is 0 Å². The minimum Gasteiger partial charge on any atom is -0.377 e. The van der Waals surface area contributed by atoms with Crippen LogP contribution < -0.4 is 0 Å². The van der Waals surface area contributed by atoms with Crippen molar-refractivity contribution in [3.63, 3.8) is 0 Å². The van der Waals surface area contributed by atoms with E-state index < -0.39 is 35.0 Å². The Balaban J connectivity index is 1.33. The number of aliphatic hydroxyl groups is 1. The van der Waals surface area contributed by atoms with Crippen LogP contribution in [0.1, 0.15) is 47.8 Å². The topological polar surface area (TPSA) is 92.9 Å². The van der Waals surface area contributed by atoms with E-state index in [1.165, 1.54) is 4.80 Å². The van der Waals surface area contributed by atoms with E-state index in [-0.39, 0.29) is 11.4 Å². The molecule has 1 aliphatic heterocycles. The smallest absolute Gasteiger partial charge is 0.377 e. The molecular weight excluding hydrogens is 564 g/mol. The lowest BCUT2D eigenvalue weighted by molar-refractivity contribution is -0.138. The Morgan fingerprint density at radius 3 is 1.79 bits per heavy atom. The largest absolute Gasteiger partial charge is 0.417 e. The van der Waals surface area contributed by atoms with E-state index in [1.54, 1.807) is 0 Å². The maximum absolute atomic E-state index is 13.2. The molecule has 0 amide bonds. The normalized spacial score (nSPS) is 15.7. The van der Waals surface area contributed by atoms with Crippen molar-refractivity contribution in [3.05, 3.63) is 89.0 Å². The molecule has 0 saturated carbocycles. The molecule has 1 N–H and O–H groups in total. The molecule has 14 heteroatoms. The number of aromatic nitrogens is 6. The molecule has 0 bridgehead atoms. The summed E-state index contributed by atoms with van der Waals surface area (Å²) in [6, 6.07) is 11.5. The molecule has 0 unspecified atom stereocenters. The number of likely N-dealkylation sites (tertiary alicyclic amines) is 1. The molecule has 222 valence electrons. The molecule has 3 aromatic heterocycles. The number of piperidine rings is 1. The number of hydrogen-bond donors (Lipinski definition) is 1. The highest BCUT2D eigenvalue weighted by Gasteiger charge is 2.45. The van der Waals surface area contributed by atoms with Gasteiger partial charge < -0.3 is 5.11 Å². The predicted octanol–water partition coefficient (Wildman–Crippen LogP) is 5.34. The zero-order valence-corrected chi connectivity index (χ0v) is 22.4. The lowest BCUT2D eigenvalue weighted by Crippen LogP contribution is -2.45. The first-order valence-electron chi connectivity index (χ1n) is 13.3. The van der Waals surface area contributed by atoms with Gasteiger partial charge in [0, 0.05) is 30.4 Å². The quantitative estimate of drug-likeness (QED) is 0.290. The van der Waals surface area contributed by atoms with Crippen LogP contribution >= 0.6 is 0 Å². The third-order valence-corrected chi connectivity index (χ3v) is 7.50. The van der Waals surface area contributed by atoms with Crippen molar-refractivity contribution in [3.8, 4) is 11.4 Å². The first kappa shape index (κ1) is 29.6.